The second-order valence-electron chi connectivity index (χ2n) is 6.47. The van der Waals surface area contributed by atoms with Crippen molar-refractivity contribution in [1.82, 2.24) is 10.2 Å². The van der Waals surface area contributed by atoms with Crippen LogP contribution in [0.25, 0.3) is 0 Å². The van der Waals surface area contributed by atoms with Crippen LogP contribution in [0.1, 0.15) is 41.0 Å². The van der Waals surface area contributed by atoms with E-state index in [1.54, 1.807) is 25.2 Å². The smallest absolute Gasteiger partial charge is 0.264 e. The molecular weight excluding hydrogens is 364 g/mol. The van der Waals surface area contributed by atoms with Gasteiger partial charge in [0.15, 0.2) is 0 Å². The van der Waals surface area contributed by atoms with Crippen LogP contribution in [-0.4, -0.2) is 43.5 Å². The molecule has 2 heterocycles. The second kappa shape index (κ2) is 8.43. The van der Waals surface area contributed by atoms with E-state index in [2.05, 4.69) is 5.32 Å². The summed E-state index contributed by atoms with van der Waals surface area (Å²) >= 11 is 1.40. The lowest BCUT2D eigenvalue weighted by Gasteiger charge is -2.26. The second-order valence-corrected chi connectivity index (χ2v) is 7.42. The number of hydrogen-bond donors (Lipinski definition) is 1. The minimum atomic E-state index is -0.446. The number of thiophene rings is 1. The number of nitrogens with zero attached hydrogens (tertiary/aromatic N) is 1. The molecule has 1 aliphatic rings. The monoisotopic (exact) mass is 388 g/mol. The Morgan fingerprint density at radius 1 is 1.26 bits per heavy atom. The Morgan fingerprint density at radius 3 is 2.74 bits per heavy atom. The molecule has 3 rings (SSSR count). The van der Waals surface area contributed by atoms with Crippen LogP contribution in [0.15, 0.2) is 35.7 Å². The number of hydrogen-bond acceptors (Lipinski definition) is 5. The average Bonchev–Trinajstić information content (AvgIpc) is 3.38. The van der Waals surface area contributed by atoms with Crippen molar-refractivity contribution in [3.05, 3.63) is 46.2 Å². The first-order valence-corrected chi connectivity index (χ1v) is 9.80. The number of carbonyl (C=O) groups excluding carboxylic acids is 2. The molecule has 27 heavy (non-hydrogen) atoms. The third-order valence-corrected chi connectivity index (χ3v) is 5.67. The zero-order valence-corrected chi connectivity index (χ0v) is 16.5. The van der Waals surface area contributed by atoms with Gasteiger partial charge < -0.3 is 19.7 Å². The molecule has 2 amide bonds. The highest BCUT2D eigenvalue weighted by Gasteiger charge is 2.35. The molecule has 1 aliphatic heterocycles. The summed E-state index contributed by atoms with van der Waals surface area (Å²) in [6.07, 6.45) is 1.50. The number of amides is 2. The Morgan fingerprint density at radius 2 is 2.07 bits per heavy atom. The van der Waals surface area contributed by atoms with Gasteiger partial charge in [-0.3, -0.25) is 9.59 Å². The predicted octanol–water partition coefficient (Wildman–Crippen LogP) is 3.25. The summed E-state index contributed by atoms with van der Waals surface area (Å²) in [6, 6.07) is 8.41. The van der Waals surface area contributed by atoms with Crippen molar-refractivity contribution >= 4 is 23.2 Å². The minimum absolute atomic E-state index is 0.0748. The van der Waals surface area contributed by atoms with Crippen LogP contribution in [0.5, 0.6) is 11.5 Å². The Balaban J connectivity index is 1.73. The number of nitrogens with one attached hydrogen (secondary N) is 1. The van der Waals surface area contributed by atoms with E-state index in [1.807, 2.05) is 36.6 Å². The predicted molar refractivity (Wildman–Crippen MR) is 104 cm³/mol. The quantitative estimate of drug-likeness (QED) is 0.825. The van der Waals surface area contributed by atoms with Gasteiger partial charge in [-0.25, -0.2) is 0 Å². The fourth-order valence-corrected chi connectivity index (χ4v) is 4.07. The Hall–Kier alpha value is -2.54. The van der Waals surface area contributed by atoms with Gasteiger partial charge in [0.05, 0.1) is 25.1 Å². The van der Waals surface area contributed by atoms with Crippen LogP contribution in [-0.2, 0) is 4.79 Å². The fourth-order valence-electron chi connectivity index (χ4n) is 3.39. The molecule has 1 saturated heterocycles. The number of rotatable bonds is 6. The maximum atomic E-state index is 12.9. The van der Waals surface area contributed by atoms with E-state index in [-0.39, 0.29) is 17.9 Å². The van der Waals surface area contributed by atoms with Crippen LogP contribution >= 0.6 is 11.3 Å². The number of benzene rings is 1. The third kappa shape index (κ3) is 4.08. The average molecular weight is 388 g/mol. The fraction of sp³-hybridized carbons (Fsp3) is 0.400. The van der Waals surface area contributed by atoms with Gasteiger partial charge in [-0.1, -0.05) is 6.07 Å². The van der Waals surface area contributed by atoms with Crippen LogP contribution in [0.2, 0.25) is 0 Å². The van der Waals surface area contributed by atoms with Crippen molar-refractivity contribution < 1.29 is 19.1 Å². The van der Waals surface area contributed by atoms with E-state index in [9.17, 15) is 9.59 Å². The normalized spacial score (nSPS) is 17.4. The standard InChI is InChI=1S/C20H24N2O4S/c1-13(15-12-14(25-2)8-9-17(15)26-3)21-19(23)16-6-4-10-22(16)20(24)18-7-5-11-27-18/h5,7-9,11-13,16H,4,6,10H2,1-3H3,(H,21,23). The Bertz CT molecular complexity index is 806. The lowest BCUT2D eigenvalue weighted by atomic mass is 10.1. The molecule has 0 saturated carbocycles. The minimum Gasteiger partial charge on any atom is -0.497 e. The summed E-state index contributed by atoms with van der Waals surface area (Å²) in [7, 11) is 3.19. The highest BCUT2D eigenvalue weighted by molar-refractivity contribution is 7.12. The van der Waals surface area contributed by atoms with E-state index >= 15 is 0 Å². The van der Waals surface area contributed by atoms with Crippen molar-refractivity contribution in [3.63, 3.8) is 0 Å². The molecule has 144 valence electrons. The van der Waals surface area contributed by atoms with Crippen molar-refractivity contribution in [3.8, 4) is 11.5 Å². The van der Waals surface area contributed by atoms with Crippen molar-refractivity contribution in [2.45, 2.75) is 31.8 Å². The Labute approximate surface area is 163 Å². The van der Waals surface area contributed by atoms with E-state index in [0.717, 1.165) is 12.0 Å². The van der Waals surface area contributed by atoms with Gasteiger partial charge in [0.1, 0.15) is 17.5 Å². The molecule has 2 atom stereocenters. The Kier molecular flexibility index (Phi) is 6.01. The molecule has 0 spiro atoms. The third-order valence-electron chi connectivity index (χ3n) is 4.81. The summed E-state index contributed by atoms with van der Waals surface area (Å²) in [5.74, 6) is 1.16. The van der Waals surface area contributed by atoms with Crippen LogP contribution in [0, 0.1) is 0 Å². The lowest BCUT2D eigenvalue weighted by molar-refractivity contribution is -0.125. The van der Waals surface area contributed by atoms with Crippen molar-refractivity contribution in [1.29, 1.82) is 0 Å². The summed E-state index contributed by atoms with van der Waals surface area (Å²) in [5, 5.41) is 4.90. The largest absolute Gasteiger partial charge is 0.497 e. The molecule has 2 unspecified atom stereocenters. The first-order chi connectivity index (χ1) is 13.0. The molecular formula is C20H24N2O4S. The number of carbonyl (C=O) groups is 2. The van der Waals surface area contributed by atoms with Crippen LogP contribution in [0.4, 0.5) is 0 Å². The maximum absolute atomic E-state index is 12.9. The zero-order chi connectivity index (χ0) is 19.4. The number of likely N-dealkylation sites (tertiary alicyclic amines) is 1. The van der Waals surface area contributed by atoms with Gasteiger partial charge in [-0.15, -0.1) is 11.3 Å². The number of methoxy groups -OCH3 is 2. The van der Waals surface area contributed by atoms with E-state index in [1.165, 1.54) is 11.3 Å². The van der Waals surface area contributed by atoms with Crippen molar-refractivity contribution in [2.24, 2.45) is 0 Å². The van der Waals surface area contributed by atoms with Crippen LogP contribution in [0.3, 0.4) is 0 Å². The zero-order valence-electron chi connectivity index (χ0n) is 15.7. The van der Waals surface area contributed by atoms with Gasteiger partial charge in [-0.2, -0.15) is 0 Å². The molecule has 0 aliphatic carbocycles. The number of ether oxygens (including phenoxy) is 2. The van der Waals surface area contributed by atoms with E-state index in [4.69, 9.17) is 9.47 Å². The molecule has 1 N–H and O–H groups in total. The lowest BCUT2D eigenvalue weighted by Crippen LogP contribution is -2.46. The van der Waals surface area contributed by atoms with Gasteiger partial charge in [-0.05, 0) is 49.4 Å². The van der Waals surface area contributed by atoms with Gasteiger partial charge >= 0.3 is 0 Å². The summed E-state index contributed by atoms with van der Waals surface area (Å²) in [6.45, 7) is 2.50. The molecule has 1 aromatic heterocycles. The molecule has 0 bridgehead atoms. The topological polar surface area (TPSA) is 67.9 Å². The summed E-state index contributed by atoms with van der Waals surface area (Å²) in [4.78, 5) is 27.9. The summed E-state index contributed by atoms with van der Waals surface area (Å²) < 4.78 is 10.7. The molecule has 1 fully saturated rings. The van der Waals surface area contributed by atoms with Crippen LogP contribution < -0.4 is 14.8 Å². The highest BCUT2D eigenvalue weighted by Crippen LogP contribution is 2.30. The highest BCUT2D eigenvalue weighted by atomic mass is 32.1. The van der Waals surface area contributed by atoms with Gasteiger partial charge in [0.25, 0.3) is 5.91 Å². The first-order valence-electron chi connectivity index (χ1n) is 8.92. The molecule has 2 aromatic rings. The van der Waals surface area contributed by atoms with Gasteiger partial charge in [0, 0.05) is 12.1 Å². The maximum Gasteiger partial charge on any atom is 0.264 e. The molecule has 6 nitrogen and oxygen atoms in total. The summed E-state index contributed by atoms with van der Waals surface area (Å²) in [5.41, 5.74) is 0.833. The van der Waals surface area contributed by atoms with E-state index < -0.39 is 6.04 Å². The first kappa shape index (κ1) is 19.2. The molecule has 7 heteroatoms. The molecule has 0 radical (unpaired) electrons. The SMILES string of the molecule is COc1ccc(OC)c(C(C)NC(=O)C2CCCN2C(=O)c2cccs2)c1. The molecule has 1 aromatic carbocycles. The van der Waals surface area contributed by atoms with Crippen molar-refractivity contribution in [2.75, 3.05) is 20.8 Å². The van der Waals surface area contributed by atoms with Gasteiger partial charge in [0.2, 0.25) is 5.91 Å². The van der Waals surface area contributed by atoms with E-state index in [0.29, 0.717) is 29.3 Å².